The predicted octanol–water partition coefficient (Wildman–Crippen LogP) is -0.606. The van der Waals surface area contributed by atoms with Gasteiger partial charge in [-0.3, -0.25) is 4.57 Å². The number of carboxylic acids is 2. The third-order valence-corrected chi connectivity index (χ3v) is 1.79. The molecule has 1 heterocycles. The molecule has 0 atom stereocenters. The van der Waals surface area contributed by atoms with E-state index >= 15 is 0 Å². The van der Waals surface area contributed by atoms with Gasteiger partial charge in [-0.1, -0.05) is 0 Å². The van der Waals surface area contributed by atoms with Crippen molar-refractivity contribution < 1.29 is 19.8 Å². The summed E-state index contributed by atoms with van der Waals surface area (Å²) in [6.45, 7) is 0.391. The standard InChI is InChI=1S/C9H11N3O4/c10-2-1-6-4-12(5-11-6)7(9(15)16)3-8(13)14/h3-5H,1-2,10H2,(H,13,14)(H,15,16)/b7-3-. The Balaban J connectivity index is 3.02. The number of imidazole rings is 1. The third kappa shape index (κ3) is 2.92. The van der Waals surface area contributed by atoms with Crippen molar-refractivity contribution in [3.8, 4) is 0 Å². The van der Waals surface area contributed by atoms with E-state index in [0.29, 0.717) is 24.7 Å². The first-order valence-corrected chi connectivity index (χ1v) is 4.46. The van der Waals surface area contributed by atoms with Gasteiger partial charge in [0.2, 0.25) is 0 Å². The van der Waals surface area contributed by atoms with Gasteiger partial charge in [0.25, 0.3) is 0 Å². The van der Waals surface area contributed by atoms with E-state index in [-0.39, 0.29) is 5.70 Å². The molecule has 7 nitrogen and oxygen atoms in total. The Hall–Kier alpha value is -2.15. The zero-order chi connectivity index (χ0) is 12.1. The summed E-state index contributed by atoms with van der Waals surface area (Å²) >= 11 is 0. The fourth-order valence-corrected chi connectivity index (χ4v) is 1.14. The summed E-state index contributed by atoms with van der Waals surface area (Å²) in [6.07, 6.45) is 3.80. The molecule has 0 spiro atoms. The molecule has 0 unspecified atom stereocenters. The van der Waals surface area contributed by atoms with Crippen molar-refractivity contribution in [2.75, 3.05) is 6.54 Å². The SMILES string of the molecule is NCCc1cn(/C(=C\C(=O)O)C(=O)O)cn1. The van der Waals surface area contributed by atoms with E-state index in [2.05, 4.69) is 4.98 Å². The van der Waals surface area contributed by atoms with Crippen molar-refractivity contribution >= 4 is 17.6 Å². The lowest BCUT2D eigenvalue weighted by atomic mass is 10.3. The van der Waals surface area contributed by atoms with E-state index in [4.69, 9.17) is 15.9 Å². The van der Waals surface area contributed by atoms with Gasteiger partial charge >= 0.3 is 11.9 Å². The Labute approximate surface area is 90.8 Å². The van der Waals surface area contributed by atoms with Crippen molar-refractivity contribution in [1.82, 2.24) is 9.55 Å². The molecule has 0 aromatic carbocycles. The second kappa shape index (κ2) is 5.08. The van der Waals surface area contributed by atoms with Gasteiger partial charge in [0.15, 0.2) is 0 Å². The van der Waals surface area contributed by atoms with Crippen LogP contribution in [0.4, 0.5) is 0 Å². The number of carbonyl (C=O) groups is 2. The molecule has 1 rings (SSSR count). The third-order valence-electron chi connectivity index (χ3n) is 1.79. The highest BCUT2D eigenvalue weighted by Crippen LogP contribution is 2.07. The first-order chi connectivity index (χ1) is 7.54. The van der Waals surface area contributed by atoms with Crippen LogP contribution in [0, 0.1) is 0 Å². The Morgan fingerprint density at radius 3 is 2.69 bits per heavy atom. The van der Waals surface area contributed by atoms with Crippen LogP contribution in [0.2, 0.25) is 0 Å². The number of aliphatic carboxylic acids is 2. The van der Waals surface area contributed by atoms with Crippen LogP contribution in [0.15, 0.2) is 18.6 Å². The molecule has 0 fully saturated rings. The lowest BCUT2D eigenvalue weighted by molar-refractivity contribution is -0.133. The summed E-state index contributed by atoms with van der Waals surface area (Å²) in [5, 5.41) is 17.3. The topological polar surface area (TPSA) is 118 Å². The number of hydrogen-bond donors (Lipinski definition) is 3. The van der Waals surface area contributed by atoms with Crippen LogP contribution in [0.1, 0.15) is 5.69 Å². The molecule has 4 N–H and O–H groups in total. The fraction of sp³-hybridized carbons (Fsp3) is 0.222. The summed E-state index contributed by atoms with van der Waals surface area (Å²) in [5.74, 6) is -2.66. The molecule has 0 bridgehead atoms. The van der Waals surface area contributed by atoms with E-state index in [1.54, 1.807) is 0 Å². The van der Waals surface area contributed by atoms with Gasteiger partial charge in [0, 0.05) is 12.6 Å². The minimum Gasteiger partial charge on any atom is -0.478 e. The zero-order valence-corrected chi connectivity index (χ0v) is 8.33. The molecule has 16 heavy (non-hydrogen) atoms. The predicted molar refractivity (Wildman–Crippen MR) is 54.5 cm³/mol. The molecule has 0 saturated heterocycles. The summed E-state index contributed by atoms with van der Waals surface area (Å²) in [7, 11) is 0. The first kappa shape index (κ1) is 11.9. The van der Waals surface area contributed by atoms with Gasteiger partial charge in [-0.05, 0) is 6.54 Å². The smallest absolute Gasteiger partial charge is 0.353 e. The summed E-state index contributed by atoms with van der Waals surface area (Å²) < 4.78 is 1.14. The highest BCUT2D eigenvalue weighted by atomic mass is 16.4. The lowest BCUT2D eigenvalue weighted by Crippen LogP contribution is -2.08. The Bertz CT molecular complexity index is 436. The minimum atomic E-state index is -1.33. The molecule has 0 aliphatic rings. The molecule has 1 aromatic rings. The zero-order valence-electron chi connectivity index (χ0n) is 8.33. The van der Waals surface area contributed by atoms with E-state index in [1.165, 1.54) is 12.5 Å². The summed E-state index contributed by atoms with van der Waals surface area (Å²) in [6, 6.07) is 0. The summed E-state index contributed by atoms with van der Waals surface area (Å²) in [5.41, 5.74) is 5.55. The highest BCUT2D eigenvalue weighted by Gasteiger charge is 2.12. The normalized spacial score (nSPS) is 11.4. The van der Waals surface area contributed by atoms with Gasteiger partial charge in [-0.15, -0.1) is 0 Å². The monoisotopic (exact) mass is 225 g/mol. The molecule has 0 aliphatic heterocycles. The first-order valence-electron chi connectivity index (χ1n) is 4.46. The van der Waals surface area contributed by atoms with Crippen molar-refractivity contribution in [2.45, 2.75) is 6.42 Å². The van der Waals surface area contributed by atoms with Gasteiger partial charge in [0.05, 0.1) is 18.1 Å². The molecular weight excluding hydrogens is 214 g/mol. The lowest BCUT2D eigenvalue weighted by Gasteiger charge is -2.00. The van der Waals surface area contributed by atoms with Crippen LogP contribution in [0.3, 0.4) is 0 Å². The molecule has 1 aromatic heterocycles. The number of aromatic nitrogens is 2. The van der Waals surface area contributed by atoms with Crippen molar-refractivity contribution in [2.24, 2.45) is 5.73 Å². The largest absolute Gasteiger partial charge is 0.478 e. The highest BCUT2D eigenvalue weighted by molar-refractivity contribution is 6.13. The molecule has 86 valence electrons. The second-order valence-electron chi connectivity index (χ2n) is 2.98. The molecular formula is C9H11N3O4. The van der Waals surface area contributed by atoms with Crippen LogP contribution < -0.4 is 5.73 Å². The molecule has 0 radical (unpaired) electrons. The number of nitrogens with two attached hydrogens (primary N) is 1. The van der Waals surface area contributed by atoms with Gasteiger partial charge in [0.1, 0.15) is 5.70 Å². The molecule has 0 saturated carbocycles. The Morgan fingerprint density at radius 2 is 2.19 bits per heavy atom. The van der Waals surface area contributed by atoms with Gasteiger partial charge in [-0.2, -0.15) is 0 Å². The maximum atomic E-state index is 10.8. The maximum Gasteiger partial charge on any atom is 0.353 e. The molecule has 7 heteroatoms. The van der Waals surface area contributed by atoms with Crippen LogP contribution in [-0.2, 0) is 16.0 Å². The van der Waals surface area contributed by atoms with Crippen LogP contribution >= 0.6 is 0 Å². The van der Waals surface area contributed by atoms with Crippen LogP contribution in [-0.4, -0.2) is 38.2 Å². The average molecular weight is 225 g/mol. The number of rotatable bonds is 5. The number of nitrogens with zero attached hydrogens (tertiary/aromatic N) is 2. The average Bonchev–Trinajstić information content (AvgIpc) is 2.62. The van der Waals surface area contributed by atoms with Crippen molar-refractivity contribution in [1.29, 1.82) is 0 Å². The van der Waals surface area contributed by atoms with E-state index in [1.807, 2.05) is 0 Å². The number of carboxylic acid groups (broad SMARTS) is 2. The van der Waals surface area contributed by atoms with Crippen LogP contribution in [0.5, 0.6) is 0 Å². The van der Waals surface area contributed by atoms with E-state index in [0.717, 1.165) is 4.57 Å². The van der Waals surface area contributed by atoms with Gasteiger partial charge in [-0.25, -0.2) is 14.6 Å². The second-order valence-corrected chi connectivity index (χ2v) is 2.98. The van der Waals surface area contributed by atoms with E-state index < -0.39 is 11.9 Å². The molecule has 0 aliphatic carbocycles. The quantitative estimate of drug-likeness (QED) is 0.575. The van der Waals surface area contributed by atoms with Crippen LogP contribution in [0.25, 0.3) is 5.70 Å². The van der Waals surface area contributed by atoms with E-state index in [9.17, 15) is 9.59 Å². The molecule has 0 amide bonds. The maximum absolute atomic E-state index is 10.8. The fourth-order valence-electron chi connectivity index (χ4n) is 1.14. The Kier molecular flexibility index (Phi) is 3.78. The van der Waals surface area contributed by atoms with Gasteiger partial charge < -0.3 is 15.9 Å². The Morgan fingerprint density at radius 1 is 1.50 bits per heavy atom. The number of hydrogen-bond acceptors (Lipinski definition) is 4. The van der Waals surface area contributed by atoms with Crippen molar-refractivity contribution in [3.05, 3.63) is 24.3 Å². The summed E-state index contributed by atoms with van der Waals surface area (Å²) in [4.78, 5) is 25.1. The van der Waals surface area contributed by atoms with Crippen molar-refractivity contribution in [3.63, 3.8) is 0 Å². The minimum absolute atomic E-state index is 0.372.